The molecule has 2 aromatic carbocycles. The second-order valence-electron chi connectivity index (χ2n) is 3.75. The van der Waals surface area contributed by atoms with Crippen molar-refractivity contribution in [2.24, 2.45) is 0 Å². The Balaban J connectivity index is 2.38. The number of carbonyl (C=O) groups is 1. The number of carboxylic acid groups (broad SMARTS) is 1. The number of halogens is 4. The van der Waals surface area contributed by atoms with E-state index in [9.17, 15) is 13.6 Å². The van der Waals surface area contributed by atoms with Crippen LogP contribution in [0.5, 0.6) is 0 Å². The van der Waals surface area contributed by atoms with Crippen molar-refractivity contribution in [2.45, 2.75) is 9.79 Å². The zero-order chi connectivity index (χ0) is 14.9. The molecule has 0 aromatic heterocycles. The molecule has 20 heavy (non-hydrogen) atoms. The molecule has 0 spiro atoms. The first kappa shape index (κ1) is 15.1. The van der Waals surface area contributed by atoms with E-state index in [-0.39, 0.29) is 9.92 Å². The fourth-order valence-electron chi connectivity index (χ4n) is 1.44. The molecule has 0 aliphatic carbocycles. The van der Waals surface area contributed by atoms with E-state index < -0.39 is 23.2 Å². The molecule has 0 heterocycles. The Bertz CT molecular complexity index is 669. The van der Waals surface area contributed by atoms with E-state index in [4.69, 9.17) is 28.3 Å². The third-order valence-corrected chi connectivity index (χ3v) is 4.18. The average Bonchev–Trinajstić information content (AvgIpc) is 2.37. The number of rotatable bonds is 3. The predicted octanol–water partition coefficient (Wildman–Crippen LogP) is 5.12. The topological polar surface area (TPSA) is 37.3 Å². The van der Waals surface area contributed by atoms with Gasteiger partial charge in [0.2, 0.25) is 0 Å². The van der Waals surface area contributed by atoms with Gasteiger partial charge in [-0.1, -0.05) is 35.0 Å². The summed E-state index contributed by atoms with van der Waals surface area (Å²) in [5.74, 6) is -3.29. The quantitative estimate of drug-likeness (QED) is 0.846. The van der Waals surface area contributed by atoms with Gasteiger partial charge in [0, 0.05) is 4.90 Å². The van der Waals surface area contributed by atoms with Crippen LogP contribution in [0.15, 0.2) is 40.1 Å². The van der Waals surface area contributed by atoms with E-state index in [1.807, 2.05) is 0 Å². The molecule has 7 heteroatoms. The van der Waals surface area contributed by atoms with E-state index in [0.29, 0.717) is 9.92 Å². The highest BCUT2D eigenvalue weighted by atomic mass is 35.5. The Labute approximate surface area is 127 Å². The summed E-state index contributed by atoms with van der Waals surface area (Å²) < 4.78 is 27.5. The molecule has 104 valence electrons. The van der Waals surface area contributed by atoms with Crippen molar-refractivity contribution in [3.63, 3.8) is 0 Å². The fraction of sp³-hybridized carbons (Fsp3) is 0. The van der Waals surface area contributed by atoms with E-state index in [2.05, 4.69) is 0 Å². The minimum Gasteiger partial charge on any atom is -0.478 e. The van der Waals surface area contributed by atoms with Crippen molar-refractivity contribution in [1.29, 1.82) is 0 Å². The maximum Gasteiger partial charge on any atom is 0.335 e. The van der Waals surface area contributed by atoms with Gasteiger partial charge in [0.1, 0.15) is 11.6 Å². The van der Waals surface area contributed by atoms with Gasteiger partial charge in [-0.05, 0) is 30.3 Å². The predicted molar refractivity (Wildman–Crippen MR) is 73.9 cm³/mol. The smallest absolute Gasteiger partial charge is 0.335 e. The van der Waals surface area contributed by atoms with Crippen molar-refractivity contribution >= 4 is 40.9 Å². The minimum atomic E-state index is -1.39. The minimum absolute atomic E-state index is 0.264. The van der Waals surface area contributed by atoms with Crippen LogP contribution in [-0.2, 0) is 0 Å². The molecule has 2 nitrogen and oxygen atoms in total. The molecule has 0 bridgehead atoms. The van der Waals surface area contributed by atoms with Gasteiger partial charge in [0.15, 0.2) is 0 Å². The second kappa shape index (κ2) is 5.99. The number of benzene rings is 2. The monoisotopic (exact) mass is 334 g/mol. The zero-order valence-corrected chi connectivity index (χ0v) is 12.0. The lowest BCUT2D eigenvalue weighted by Gasteiger charge is -2.07. The molecule has 0 amide bonds. The number of hydrogen-bond donors (Lipinski definition) is 1. The van der Waals surface area contributed by atoms with Crippen molar-refractivity contribution in [1.82, 2.24) is 0 Å². The number of aromatic carboxylic acids is 1. The van der Waals surface area contributed by atoms with Gasteiger partial charge in [-0.15, -0.1) is 0 Å². The Morgan fingerprint density at radius 1 is 1.05 bits per heavy atom. The van der Waals surface area contributed by atoms with E-state index in [1.165, 1.54) is 12.1 Å². The van der Waals surface area contributed by atoms with Gasteiger partial charge in [0.05, 0.1) is 20.5 Å². The lowest BCUT2D eigenvalue weighted by atomic mass is 10.2. The molecule has 2 rings (SSSR count). The highest BCUT2D eigenvalue weighted by Crippen LogP contribution is 2.35. The van der Waals surface area contributed by atoms with Crippen molar-refractivity contribution < 1.29 is 18.7 Å². The molecule has 0 saturated heterocycles. The molecular weight excluding hydrogens is 329 g/mol. The Morgan fingerprint density at radius 2 is 1.65 bits per heavy atom. The van der Waals surface area contributed by atoms with Gasteiger partial charge in [0.25, 0.3) is 0 Å². The van der Waals surface area contributed by atoms with E-state index in [1.54, 1.807) is 6.07 Å². The first-order valence-corrected chi connectivity index (χ1v) is 6.81. The third kappa shape index (κ3) is 3.23. The molecule has 0 unspecified atom stereocenters. The fourth-order valence-corrected chi connectivity index (χ4v) is 2.66. The summed E-state index contributed by atoms with van der Waals surface area (Å²) in [4.78, 5) is 10.9. The molecule has 0 fully saturated rings. The first-order chi connectivity index (χ1) is 9.38. The van der Waals surface area contributed by atoms with Crippen LogP contribution >= 0.6 is 35.0 Å². The van der Waals surface area contributed by atoms with Crippen molar-refractivity contribution in [3.8, 4) is 0 Å². The largest absolute Gasteiger partial charge is 0.478 e. The van der Waals surface area contributed by atoms with Crippen LogP contribution in [0, 0.1) is 11.6 Å². The number of carboxylic acids is 1. The summed E-state index contributed by atoms with van der Waals surface area (Å²) in [7, 11) is 0. The van der Waals surface area contributed by atoms with Crippen molar-refractivity contribution in [2.75, 3.05) is 0 Å². The van der Waals surface area contributed by atoms with Gasteiger partial charge >= 0.3 is 5.97 Å². The molecule has 0 aliphatic rings. The lowest BCUT2D eigenvalue weighted by Crippen LogP contribution is -2.00. The van der Waals surface area contributed by atoms with Crippen LogP contribution in [0.3, 0.4) is 0 Å². The van der Waals surface area contributed by atoms with Crippen LogP contribution in [-0.4, -0.2) is 11.1 Å². The van der Waals surface area contributed by atoms with Gasteiger partial charge in [-0.2, -0.15) is 0 Å². The highest BCUT2D eigenvalue weighted by Gasteiger charge is 2.16. The summed E-state index contributed by atoms with van der Waals surface area (Å²) in [6.07, 6.45) is 0. The molecular formula is C13H6Cl2F2O2S. The molecule has 1 N–H and O–H groups in total. The van der Waals surface area contributed by atoms with Crippen LogP contribution in [0.2, 0.25) is 10.0 Å². The first-order valence-electron chi connectivity index (χ1n) is 5.23. The average molecular weight is 335 g/mol. The Morgan fingerprint density at radius 3 is 2.15 bits per heavy atom. The Kier molecular flexibility index (Phi) is 4.52. The third-order valence-electron chi connectivity index (χ3n) is 2.36. The summed E-state index contributed by atoms with van der Waals surface area (Å²) in [5, 5.41) is 9.30. The summed E-state index contributed by atoms with van der Waals surface area (Å²) in [6, 6.07) is 6.08. The highest BCUT2D eigenvalue weighted by molar-refractivity contribution is 7.99. The maximum absolute atomic E-state index is 13.8. The van der Waals surface area contributed by atoms with Crippen LogP contribution < -0.4 is 0 Å². The lowest BCUT2D eigenvalue weighted by molar-refractivity contribution is 0.0695. The Hall–Kier alpha value is -1.30. The number of hydrogen-bond acceptors (Lipinski definition) is 2. The van der Waals surface area contributed by atoms with E-state index >= 15 is 0 Å². The normalized spacial score (nSPS) is 10.6. The SMILES string of the molecule is O=C(O)c1cc(F)c(Sc2ccc(Cl)c(Cl)c2)c(F)c1. The van der Waals surface area contributed by atoms with E-state index in [0.717, 1.165) is 23.9 Å². The molecule has 0 saturated carbocycles. The zero-order valence-electron chi connectivity index (χ0n) is 9.66. The summed E-state index contributed by atoms with van der Waals surface area (Å²) in [6.45, 7) is 0. The maximum atomic E-state index is 13.8. The van der Waals surface area contributed by atoms with Gasteiger partial charge in [-0.25, -0.2) is 13.6 Å². The standard InChI is InChI=1S/C13H6Cl2F2O2S/c14-8-2-1-7(5-9(8)15)20-12-10(16)3-6(13(18)19)4-11(12)17/h1-5H,(H,18,19). The van der Waals surface area contributed by atoms with Crippen LogP contribution in [0.25, 0.3) is 0 Å². The van der Waals surface area contributed by atoms with Gasteiger partial charge < -0.3 is 5.11 Å². The molecule has 0 atom stereocenters. The van der Waals surface area contributed by atoms with Crippen LogP contribution in [0.1, 0.15) is 10.4 Å². The molecule has 0 radical (unpaired) electrons. The second-order valence-corrected chi connectivity index (χ2v) is 5.65. The van der Waals surface area contributed by atoms with Crippen LogP contribution in [0.4, 0.5) is 8.78 Å². The molecule has 0 aliphatic heterocycles. The summed E-state index contributed by atoms with van der Waals surface area (Å²) >= 11 is 12.4. The molecule has 2 aromatic rings. The van der Waals surface area contributed by atoms with Gasteiger partial charge in [-0.3, -0.25) is 0 Å². The summed E-state index contributed by atoms with van der Waals surface area (Å²) in [5.41, 5.74) is -0.446. The van der Waals surface area contributed by atoms with Crippen molar-refractivity contribution in [3.05, 3.63) is 57.6 Å².